The molecule has 0 aliphatic carbocycles. The number of urea groups is 1. The van der Waals surface area contributed by atoms with Crippen molar-refractivity contribution < 1.29 is 14.7 Å². The van der Waals surface area contributed by atoms with Crippen LogP contribution in [0.15, 0.2) is 30.3 Å². The Kier molecular flexibility index (Phi) is 4.27. The first-order valence-corrected chi connectivity index (χ1v) is 6.82. The summed E-state index contributed by atoms with van der Waals surface area (Å²) in [6.45, 7) is 5.55. The van der Waals surface area contributed by atoms with E-state index in [9.17, 15) is 14.7 Å². The third-order valence-electron chi connectivity index (χ3n) is 3.92. The number of rotatable bonds is 3. The van der Waals surface area contributed by atoms with Crippen molar-refractivity contribution in [2.24, 2.45) is 11.8 Å². The second-order valence-corrected chi connectivity index (χ2v) is 5.49. The maximum absolute atomic E-state index is 12.2. The van der Waals surface area contributed by atoms with Crippen LogP contribution < -0.4 is 5.32 Å². The molecule has 1 aliphatic heterocycles. The molecule has 1 heterocycles. The van der Waals surface area contributed by atoms with E-state index in [1.54, 1.807) is 29.2 Å². The van der Waals surface area contributed by atoms with E-state index in [4.69, 9.17) is 0 Å². The van der Waals surface area contributed by atoms with E-state index in [1.165, 1.54) is 0 Å². The number of carbonyl (C=O) groups is 2. The Hall–Kier alpha value is -2.04. The molecule has 0 spiro atoms. The first-order valence-electron chi connectivity index (χ1n) is 6.82. The summed E-state index contributed by atoms with van der Waals surface area (Å²) in [5.74, 6) is -0.161. The summed E-state index contributed by atoms with van der Waals surface area (Å²) in [6, 6.07) is 7.43. The van der Waals surface area contributed by atoms with E-state index in [2.05, 4.69) is 19.2 Å². The summed E-state index contributed by atoms with van der Waals surface area (Å²) in [6.07, 6.45) is 0. The number of benzene rings is 1. The van der Waals surface area contributed by atoms with Crippen LogP contribution in [0.2, 0.25) is 0 Å². The number of nitrogens with zero attached hydrogens (tertiary/aromatic N) is 1. The number of amides is 2. The van der Waals surface area contributed by atoms with E-state index in [1.807, 2.05) is 6.07 Å². The average Bonchev–Trinajstić information content (AvgIpc) is 2.76. The lowest BCUT2D eigenvalue weighted by molar-refractivity contribution is -0.139. The number of carboxylic acid groups (broad SMARTS) is 1. The molecule has 1 saturated heterocycles. The van der Waals surface area contributed by atoms with Gasteiger partial charge >= 0.3 is 12.0 Å². The predicted molar refractivity (Wildman–Crippen MR) is 75.3 cm³/mol. The summed E-state index contributed by atoms with van der Waals surface area (Å²) >= 11 is 0. The number of nitrogens with one attached hydrogen (secondary N) is 1. The van der Waals surface area contributed by atoms with Gasteiger partial charge in [0.1, 0.15) is 0 Å². The maximum atomic E-state index is 12.2. The minimum Gasteiger partial charge on any atom is -0.479 e. The smallest absolute Gasteiger partial charge is 0.330 e. The van der Waals surface area contributed by atoms with Crippen molar-refractivity contribution in [3.8, 4) is 0 Å². The topological polar surface area (TPSA) is 69.6 Å². The molecular weight excluding hydrogens is 256 g/mol. The lowest BCUT2D eigenvalue weighted by Crippen LogP contribution is -2.42. The zero-order valence-electron chi connectivity index (χ0n) is 11.7. The van der Waals surface area contributed by atoms with Crippen molar-refractivity contribution in [1.82, 2.24) is 10.2 Å². The van der Waals surface area contributed by atoms with Gasteiger partial charge < -0.3 is 15.3 Å². The first-order chi connectivity index (χ1) is 9.49. The van der Waals surface area contributed by atoms with Gasteiger partial charge in [0.25, 0.3) is 0 Å². The summed E-state index contributed by atoms with van der Waals surface area (Å²) in [4.78, 5) is 25.2. The fourth-order valence-electron chi connectivity index (χ4n) is 2.44. The van der Waals surface area contributed by atoms with E-state index in [0.717, 1.165) is 0 Å². The molecule has 2 rings (SSSR count). The molecule has 2 amide bonds. The van der Waals surface area contributed by atoms with Crippen LogP contribution in [0.3, 0.4) is 0 Å². The third-order valence-corrected chi connectivity index (χ3v) is 3.92. The van der Waals surface area contributed by atoms with Crippen molar-refractivity contribution in [3.05, 3.63) is 35.9 Å². The molecule has 0 aromatic heterocycles. The Morgan fingerprint density at radius 2 is 1.75 bits per heavy atom. The van der Waals surface area contributed by atoms with Crippen molar-refractivity contribution in [2.75, 3.05) is 13.1 Å². The standard InChI is InChI=1S/C15H20N2O3/c1-10-8-17(9-11(10)2)15(20)16-13(14(18)19)12-6-4-3-5-7-12/h3-7,10-11,13H,8-9H2,1-2H3,(H,16,20)(H,18,19)/t10?,11?,13-/m0/s1. The highest BCUT2D eigenvalue weighted by atomic mass is 16.4. The highest BCUT2D eigenvalue weighted by Gasteiger charge is 2.31. The van der Waals surface area contributed by atoms with Crippen molar-refractivity contribution in [1.29, 1.82) is 0 Å². The van der Waals surface area contributed by atoms with Gasteiger partial charge in [-0.25, -0.2) is 9.59 Å². The SMILES string of the molecule is CC1CN(C(=O)N[C@H](C(=O)O)c2ccccc2)CC1C. The van der Waals surface area contributed by atoms with Gasteiger partial charge in [0.2, 0.25) is 0 Å². The van der Waals surface area contributed by atoms with Crippen LogP contribution >= 0.6 is 0 Å². The zero-order valence-corrected chi connectivity index (χ0v) is 11.7. The van der Waals surface area contributed by atoms with Crippen molar-refractivity contribution in [3.63, 3.8) is 0 Å². The van der Waals surface area contributed by atoms with Gasteiger partial charge in [-0.1, -0.05) is 44.2 Å². The number of hydrogen-bond acceptors (Lipinski definition) is 2. The molecule has 1 aromatic carbocycles. The minimum atomic E-state index is -1.05. The number of aliphatic carboxylic acids is 1. The predicted octanol–water partition coefficient (Wildman–Crippen LogP) is 2.11. The fourth-order valence-corrected chi connectivity index (χ4v) is 2.44. The van der Waals surface area contributed by atoms with Crippen LogP contribution in [-0.2, 0) is 4.79 Å². The molecular formula is C15H20N2O3. The number of carboxylic acids is 1. The molecule has 1 aliphatic rings. The highest BCUT2D eigenvalue weighted by Crippen LogP contribution is 2.22. The van der Waals surface area contributed by atoms with Crippen LogP contribution in [0.4, 0.5) is 4.79 Å². The molecule has 5 nitrogen and oxygen atoms in total. The molecule has 0 saturated carbocycles. The van der Waals surface area contributed by atoms with Crippen molar-refractivity contribution in [2.45, 2.75) is 19.9 Å². The van der Waals surface area contributed by atoms with Gasteiger partial charge in [-0.3, -0.25) is 0 Å². The summed E-state index contributed by atoms with van der Waals surface area (Å²) < 4.78 is 0. The Morgan fingerprint density at radius 1 is 1.20 bits per heavy atom. The summed E-state index contributed by atoms with van der Waals surface area (Å²) in [5.41, 5.74) is 0.577. The quantitative estimate of drug-likeness (QED) is 0.888. The third kappa shape index (κ3) is 3.10. The maximum Gasteiger partial charge on any atom is 0.330 e. The minimum absolute atomic E-state index is 0.308. The molecule has 1 aromatic rings. The average molecular weight is 276 g/mol. The van der Waals surface area contributed by atoms with Crippen molar-refractivity contribution >= 4 is 12.0 Å². The molecule has 0 bridgehead atoms. The second kappa shape index (κ2) is 5.94. The lowest BCUT2D eigenvalue weighted by Gasteiger charge is -2.21. The van der Waals surface area contributed by atoms with Gasteiger partial charge in [0.05, 0.1) is 0 Å². The largest absolute Gasteiger partial charge is 0.479 e. The summed E-state index contributed by atoms with van der Waals surface area (Å²) in [7, 11) is 0. The van der Waals surface area contributed by atoms with E-state index >= 15 is 0 Å². The molecule has 20 heavy (non-hydrogen) atoms. The fraction of sp³-hybridized carbons (Fsp3) is 0.467. The second-order valence-electron chi connectivity index (χ2n) is 5.49. The van der Waals surface area contributed by atoms with Gasteiger partial charge in [0.15, 0.2) is 6.04 Å². The number of carbonyl (C=O) groups excluding carboxylic acids is 1. The number of hydrogen-bond donors (Lipinski definition) is 2. The normalized spacial score (nSPS) is 23.4. The van der Waals surface area contributed by atoms with E-state index in [0.29, 0.717) is 30.5 Å². The van der Waals surface area contributed by atoms with Crippen LogP contribution in [-0.4, -0.2) is 35.1 Å². The van der Waals surface area contributed by atoms with Gasteiger partial charge in [-0.2, -0.15) is 0 Å². The Labute approximate surface area is 118 Å². The molecule has 3 atom stereocenters. The molecule has 2 unspecified atom stereocenters. The van der Waals surface area contributed by atoms with Crippen LogP contribution in [0.25, 0.3) is 0 Å². The summed E-state index contributed by atoms with van der Waals surface area (Å²) in [5, 5.41) is 11.9. The highest BCUT2D eigenvalue weighted by molar-refractivity contribution is 5.83. The van der Waals surface area contributed by atoms with E-state index in [-0.39, 0.29) is 6.03 Å². The molecule has 1 fully saturated rings. The number of likely N-dealkylation sites (tertiary alicyclic amines) is 1. The lowest BCUT2D eigenvalue weighted by atomic mass is 10.0. The monoisotopic (exact) mass is 276 g/mol. The Balaban J connectivity index is 2.06. The first kappa shape index (κ1) is 14.4. The van der Waals surface area contributed by atoms with Gasteiger partial charge in [-0.15, -0.1) is 0 Å². The molecule has 5 heteroatoms. The molecule has 0 radical (unpaired) electrons. The van der Waals surface area contributed by atoms with Gasteiger partial charge in [-0.05, 0) is 17.4 Å². The van der Waals surface area contributed by atoms with Crippen LogP contribution in [0.5, 0.6) is 0 Å². The van der Waals surface area contributed by atoms with Crippen LogP contribution in [0, 0.1) is 11.8 Å². The van der Waals surface area contributed by atoms with E-state index < -0.39 is 12.0 Å². The molecule has 108 valence electrons. The Morgan fingerprint density at radius 3 is 2.25 bits per heavy atom. The molecule has 2 N–H and O–H groups in total. The van der Waals surface area contributed by atoms with Crippen LogP contribution in [0.1, 0.15) is 25.5 Å². The van der Waals surface area contributed by atoms with Gasteiger partial charge in [0, 0.05) is 13.1 Å². The Bertz CT molecular complexity index is 479. The zero-order chi connectivity index (χ0) is 14.7.